The number of rotatable bonds is 5. The molecular formula is C12H15N3O2. The minimum atomic E-state index is -0.737. The first-order valence-electron chi connectivity index (χ1n) is 5.45. The van der Waals surface area contributed by atoms with Gasteiger partial charge in [0.2, 0.25) is 0 Å². The Morgan fingerprint density at radius 1 is 1.41 bits per heavy atom. The number of aromatic amines is 1. The molecule has 0 fully saturated rings. The summed E-state index contributed by atoms with van der Waals surface area (Å²) in [7, 11) is 0. The number of fused-ring (bicyclic) bond motifs is 1. The van der Waals surface area contributed by atoms with E-state index < -0.39 is 6.09 Å². The van der Waals surface area contributed by atoms with Crippen LogP contribution in [-0.4, -0.2) is 24.2 Å². The number of benzene rings is 1. The third-order valence-electron chi connectivity index (χ3n) is 2.51. The molecule has 0 saturated carbocycles. The number of nitrogens with two attached hydrogens (primary N) is 1. The highest BCUT2D eigenvalue weighted by molar-refractivity contribution is 5.82. The van der Waals surface area contributed by atoms with E-state index in [1.165, 1.54) is 10.9 Å². The van der Waals surface area contributed by atoms with Crippen LogP contribution in [0.5, 0.6) is 0 Å². The van der Waals surface area contributed by atoms with Gasteiger partial charge in [-0.3, -0.25) is 0 Å². The Kier molecular flexibility index (Phi) is 3.62. The fourth-order valence-corrected chi connectivity index (χ4v) is 1.72. The summed E-state index contributed by atoms with van der Waals surface area (Å²) >= 11 is 0. The minimum absolute atomic E-state index is 0.289. The van der Waals surface area contributed by atoms with E-state index in [2.05, 4.69) is 21.1 Å². The number of hydrogen-bond donors (Lipinski definition) is 3. The maximum atomic E-state index is 10.3. The molecule has 1 aromatic heterocycles. The van der Waals surface area contributed by atoms with E-state index in [0.29, 0.717) is 6.54 Å². The van der Waals surface area contributed by atoms with Crippen molar-refractivity contribution in [1.82, 2.24) is 10.3 Å². The van der Waals surface area contributed by atoms with Crippen LogP contribution >= 0.6 is 0 Å². The van der Waals surface area contributed by atoms with Crippen LogP contribution in [0.1, 0.15) is 5.56 Å². The number of H-pyrrole nitrogens is 1. The average Bonchev–Trinajstić information content (AvgIpc) is 2.72. The van der Waals surface area contributed by atoms with Crippen molar-refractivity contribution in [2.45, 2.75) is 6.54 Å². The second-order valence-corrected chi connectivity index (χ2v) is 3.70. The van der Waals surface area contributed by atoms with Crippen molar-refractivity contribution in [2.75, 3.05) is 13.2 Å². The van der Waals surface area contributed by atoms with Gasteiger partial charge in [-0.2, -0.15) is 0 Å². The zero-order valence-electron chi connectivity index (χ0n) is 9.40. The van der Waals surface area contributed by atoms with Crippen LogP contribution in [-0.2, 0) is 11.3 Å². The van der Waals surface area contributed by atoms with Gasteiger partial charge in [-0.1, -0.05) is 18.2 Å². The molecule has 0 spiro atoms. The highest BCUT2D eigenvalue weighted by atomic mass is 16.5. The molecule has 1 aromatic carbocycles. The first-order valence-corrected chi connectivity index (χ1v) is 5.45. The number of carbonyl (C=O) groups is 1. The summed E-state index contributed by atoms with van der Waals surface area (Å²) in [6, 6.07) is 8.12. The lowest BCUT2D eigenvalue weighted by molar-refractivity contribution is 0.157. The molecule has 0 radical (unpaired) electrons. The number of ether oxygens (including phenoxy) is 1. The Bertz CT molecular complexity index is 507. The lowest BCUT2D eigenvalue weighted by Crippen LogP contribution is -2.23. The first-order chi connectivity index (χ1) is 8.27. The summed E-state index contributed by atoms with van der Waals surface area (Å²) < 4.78 is 4.62. The molecule has 0 saturated heterocycles. The van der Waals surface area contributed by atoms with Crippen molar-refractivity contribution in [2.24, 2.45) is 5.73 Å². The standard InChI is InChI=1S/C12H15N3O2/c13-12(16)17-6-5-14-7-9-8-15-11-4-2-1-3-10(9)11/h1-4,8,14-15H,5-7H2,(H2,13,16). The van der Waals surface area contributed by atoms with Crippen molar-refractivity contribution < 1.29 is 9.53 Å². The molecule has 0 aliphatic heterocycles. The number of para-hydroxylation sites is 1. The molecule has 17 heavy (non-hydrogen) atoms. The van der Waals surface area contributed by atoms with Gasteiger partial charge in [0.25, 0.3) is 0 Å². The quantitative estimate of drug-likeness (QED) is 0.682. The molecule has 90 valence electrons. The number of carbonyl (C=O) groups excluding carboxylic acids is 1. The summed E-state index contributed by atoms with van der Waals surface area (Å²) in [5.41, 5.74) is 7.17. The normalized spacial score (nSPS) is 10.6. The third kappa shape index (κ3) is 2.98. The summed E-state index contributed by atoms with van der Waals surface area (Å²) in [6.45, 7) is 1.60. The second kappa shape index (κ2) is 5.36. The third-order valence-corrected chi connectivity index (χ3v) is 2.51. The van der Waals surface area contributed by atoms with E-state index in [1.807, 2.05) is 24.4 Å². The van der Waals surface area contributed by atoms with Gasteiger partial charge in [0, 0.05) is 30.2 Å². The Morgan fingerprint density at radius 3 is 3.06 bits per heavy atom. The van der Waals surface area contributed by atoms with Crippen LogP contribution in [0.15, 0.2) is 30.5 Å². The predicted octanol–water partition coefficient (Wildman–Crippen LogP) is 1.35. The summed E-state index contributed by atoms with van der Waals surface area (Å²) in [6.07, 6.45) is 1.24. The monoisotopic (exact) mass is 233 g/mol. The maximum Gasteiger partial charge on any atom is 0.404 e. The molecule has 1 heterocycles. The van der Waals surface area contributed by atoms with E-state index in [9.17, 15) is 4.79 Å². The molecule has 0 aliphatic carbocycles. The minimum Gasteiger partial charge on any atom is -0.448 e. The maximum absolute atomic E-state index is 10.3. The number of primary amides is 1. The van der Waals surface area contributed by atoms with Crippen molar-refractivity contribution in [3.05, 3.63) is 36.0 Å². The van der Waals surface area contributed by atoms with Crippen molar-refractivity contribution >= 4 is 17.0 Å². The summed E-state index contributed by atoms with van der Waals surface area (Å²) in [5.74, 6) is 0. The fourth-order valence-electron chi connectivity index (χ4n) is 1.72. The molecule has 4 N–H and O–H groups in total. The molecule has 2 aromatic rings. The van der Waals surface area contributed by atoms with Gasteiger partial charge in [-0.25, -0.2) is 4.79 Å². The number of aromatic nitrogens is 1. The van der Waals surface area contributed by atoms with Crippen molar-refractivity contribution in [3.63, 3.8) is 0 Å². The van der Waals surface area contributed by atoms with Gasteiger partial charge in [0.05, 0.1) is 0 Å². The van der Waals surface area contributed by atoms with Crippen molar-refractivity contribution in [3.8, 4) is 0 Å². The van der Waals surface area contributed by atoms with Gasteiger partial charge in [0.1, 0.15) is 6.61 Å². The zero-order valence-corrected chi connectivity index (χ0v) is 9.40. The predicted molar refractivity (Wildman–Crippen MR) is 65.5 cm³/mol. The molecule has 0 atom stereocenters. The van der Waals surface area contributed by atoms with E-state index in [-0.39, 0.29) is 6.61 Å². The Hall–Kier alpha value is -2.01. The average molecular weight is 233 g/mol. The molecule has 0 aliphatic rings. The lowest BCUT2D eigenvalue weighted by Gasteiger charge is -2.03. The van der Waals surface area contributed by atoms with Crippen LogP contribution in [0, 0.1) is 0 Å². The van der Waals surface area contributed by atoms with E-state index in [4.69, 9.17) is 5.73 Å². The van der Waals surface area contributed by atoms with Gasteiger partial charge < -0.3 is 20.8 Å². The molecular weight excluding hydrogens is 218 g/mol. The van der Waals surface area contributed by atoms with E-state index >= 15 is 0 Å². The topological polar surface area (TPSA) is 80.1 Å². The highest BCUT2D eigenvalue weighted by Crippen LogP contribution is 2.16. The Labute approximate surface area is 98.9 Å². The van der Waals surface area contributed by atoms with Gasteiger partial charge in [0.15, 0.2) is 0 Å². The number of hydrogen-bond acceptors (Lipinski definition) is 3. The summed E-state index contributed by atoms with van der Waals surface area (Å²) in [5, 5.41) is 4.39. The molecule has 0 unspecified atom stereocenters. The van der Waals surface area contributed by atoms with E-state index in [0.717, 1.165) is 12.1 Å². The van der Waals surface area contributed by atoms with Gasteiger partial charge >= 0.3 is 6.09 Å². The van der Waals surface area contributed by atoms with Crippen LogP contribution in [0.4, 0.5) is 4.79 Å². The number of amides is 1. The summed E-state index contributed by atoms with van der Waals surface area (Å²) in [4.78, 5) is 13.5. The van der Waals surface area contributed by atoms with Crippen LogP contribution in [0.3, 0.4) is 0 Å². The first kappa shape index (κ1) is 11.5. The SMILES string of the molecule is NC(=O)OCCNCc1c[nH]c2ccccc12. The Balaban J connectivity index is 1.85. The van der Waals surface area contributed by atoms with Gasteiger partial charge in [-0.15, -0.1) is 0 Å². The Morgan fingerprint density at radius 2 is 2.24 bits per heavy atom. The molecule has 1 amide bonds. The number of nitrogens with one attached hydrogen (secondary N) is 2. The second-order valence-electron chi connectivity index (χ2n) is 3.70. The smallest absolute Gasteiger partial charge is 0.404 e. The van der Waals surface area contributed by atoms with Crippen LogP contribution < -0.4 is 11.1 Å². The van der Waals surface area contributed by atoms with Crippen LogP contribution in [0.25, 0.3) is 10.9 Å². The largest absolute Gasteiger partial charge is 0.448 e. The van der Waals surface area contributed by atoms with E-state index in [1.54, 1.807) is 0 Å². The van der Waals surface area contributed by atoms with Crippen LogP contribution in [0.2, 0.25) is 0 Å². The molecule has 5 heteroatoms. The highest BCUT2D eigenvalue weighted by Gasteiger charge is 2.01. The lowest BCUT2D eigenvalue weighted by atomic mass is 10.2. The molecule has 0 bridgehead atoms. The van der Waals surface area contributed by atoms with Crippen molar-refractivity contribution in [1.29, 1.82) is 0 Å². The fraction of sp³-hybridized carbons (Fsp3) is 0.250. The zero-order chi connectivity index (χ0) is 12.1. The molecule has 2 rings (SSSR count). The van der Waals surface area contributed by atoms with Gasteiger partial charge in [-0.05, 0) is 11.6 Å². The molecule has 5 nitrogen and oxygen atoms in total.